The van der Waals surface area contributed by atoms with E-state index in [2.05, 4.69) is 5.73 Å². The van der Waals surface area contributed by atoms with E-state index in [1.807, 2.05) is 6.07 Å². The Morgan fingerprint density at radius 3 is 1.84 bits per heavy atom. The molecule has 31 heavy (non-hydrogen) atoms. The number of nitrogens with zero attached hydrogens (tertiary/aromatic N) is 2. The Balaban J connectivity index is -0.000000401. The van der Waals surface area contributed by atoms with Gasteiger partial charge in [-0.3, -0.25) is 19.2 Å². The van der Waals surface area contributed by atoms with Gasteiger partial charge in [0.1, 0.15) is 12.3 Å². The molecule has 0 aromatic carbocycles. The number of ketones is 2. The summed E-state index contributed by atoms with van der Waals surface area (Å²) in [6.45, 7) is 0. The monoisotopic (exact) mass is 452 g/mol. The van der Waals surface area contributed by atoms with Crippen LogP contribution < -0.4 is 11.5 Å². The van der Waals surface area contributed by atoms with Gasteiger partial charge in [0.25, 0.3) is 0 Å². The zero-order chi connectivity index (χ0) is 22.2. The number of nitrogens with two attached hydrogens (primary N) is 2. The molecule has 172 valence electrons. The molecule has 0 saturated carbocycles. The minimum absolute atomic E-state index is 0. The molecule has 0 aromatic heterocycles. The average Bonchev–Trinajstić information content (AvgIpc) is 2.95. The molecule has 0 saturated heterocycles. The summed E-state index contributed by atoms with van der Waals surface area (Å²) in [5.74, 6) is -2.01. The maximum absolute atomic E-state index is 11.2. The number of carbonyl (C=O) groups is 4. The van der Waals surface area contributed by atoms with Crippen LogP contribution in [0.2, 0.25) is 0 Å². The minimum Gasteiger partial charge on any atom is -0.369 e. The third-order valence-electron chi connectivity index (χ3n) is 3.93. The molecular formula is C22H33ClN4O4. The van der Waals surface area contributed by atoms with E-state index in [4.69, 9.17) is 27.9 Å². The van der Waals surface area contributed by atoms with E-state index >= 15 is 0 Å². The molecule has 9 heteroatoms. The van der Waals surface area contributed by atoms with Gasteiger partial charge in [-0.25, -0.2) is 0 Å². The predicted molar refractivity (Wildman–Crippen MR) is 120 cm³/mol. The van der Waals surface area contributed by atoms with Crippen LogP contribution in [0.4, 0.5) is 0 Å². The SMILES string of the molecule is C.C.N#CC(C(N)=O)C1=CC(=O)CCCC1.N#CCC(N)=O.O=C1C=C(Cl)CCCC1. The number of primary amides is 2. The quantitative estimate of drug-likeness (QED) is 0.662. The van der Waals surface area contributed by atoms with Gasteiger partial charge >= 0.3 is 0 Å². The highest BCUT2D eigenvalue weighted by molar-refractivity contribution is 6.31. The maximum Gasteiger partial charge on any atom is 0.238 e. The second kappa shape index (κ2) is 19.0. The summed E-state index contributed by atoms with van der Waals surface area (Å²) in [5, 5.41) is 17.1. The molecule has 2 rings (SSSR count). The summed E-state index contributed by atoms with van der Waals surface area (Å²) in [4.78, 5) is 42.4. The average molecular weight is 453 g/mol. The van der Waals surface area contributed by atoms with Crippen LogP contribution in [-0.2, 0) is 19.2 Å². The van der Waals surface area contributed by atoms with Gasteiger partial charge in [0.15, 0.2) is 11.6 Å². The molecule has 1 atom stereocenters. The van der Waals surface area contributed by atoms with E-state index in [1.165, 1.54) is 6.08 Å². The Bertz CT molecular complexity index is 760. The predicted octanol–water partition coefficient (Wildman–Crippen LogP) is 3.59. The van der Waals surface area contributed by atoms with Crippen LogP contribution in [0.1, 0.15) is 72.6 Å². The van der Waals surface area contributed by atoms with Gasteiger partial charge in [0.2, 0.25) is 11.8 Å². The van der Waals surface area contributed by atoms with Crippen molar-refractivity contribution in [1.82, 2.24) is 0 Å². The third kappa shape index (κ3) is 16.5. The molecule has 0 aromatic rings. The highest BCUT2D eigenvalue weighted by Crippen LogP contribution is 2.21. The van der Waals surface area contributed by atoms with Gasteiger partial charge in [-0.15, -0.1) is 0 Å². The van der Waals surface area contributed by atoms with Gasteiger partial charge in [0.05, 0.1) is 12.1 Å². The first kappa shape index (κ1) is 32.7. The van der Waals surface area contributed by atoms with Crippen molar-refractivity contribution in [2.75, 3.05) is 0 Å². The van der Waals surface area contributed by atoms with Crippen LogP contribution in [0.5, 0.6) is 0 Å². The number of halogens is 1. The minimum atomic E-state index is -0.933. The van der Waals surface area contributed by atoms with E-state index in [1.54, 1.807) is 12.1 Å². The molecule has 2 aliphatic carbocycles. The van der Waals surface area contributed by atoms with Crippen molar-refractivity contribution >= 4 is 35.0 Å². The number of rotatable bonds is 3. The molecule has 0 aliphatic heterocycles. The number of carbonyl (C=O) groups excluding carboxylic acids is 4. The Hall–Kier alpha value is -2.97. The lowest BCUT2D eigenvalue weighted by molar-refractivity contribution is -0.119. The molecule has 4 N–H and O–H groups in total. The van der Waals surface area contributed by atoms with Crippen molar-refractivity contribution in [3.05, 3.63) is 22.8 Å². The first-order valence-electron chi connectivity index (χ1n) is 9.17. The standard InChI is InChI=1S/C10H12N2O2.C7H9ClO.C3H4N2O.2CH4/c11-6-9(10(12)14)7-3-1-2-4-8(13)5-7;8-6-3-1-2-4-7(9)5-6;4-2-1-3(5)6;;/h5,9H,1-4H2,(H2,12,14);5H,1-4H2;1H2,(H2,5,6);2*1H4. The first-order chi connectivity index (χ1) is 13.7. The van der Waals surface area contributed by atoms with E-state index in [9.17, 15) is 19.2 Å². The number of allylic oxidation sites excluding steroid dienone is 3. The summed E-state index contributed by atoms with van der Waals surface area (Å²) >= 11 is 5.66. The van der Waals surface area contributed by atoms with Crippen LogP contribution in [0.3, 0.4) is 0 Å². The summed E-state index contributed by atoms with van der Waals surface area (Å²) in [6.07, 6.45) is 9.16. The Kier molecular flexibility index (Phi) is 20.1. The van der Waals surface area contributed by atoms with E-state index in [-0.39, 0.29) is 32.8 Å². The number of hydrogen-bond acceptors (Lipinski definition) is 6. The number of nitriles is 2. The zero-order valence-electron chi connectivity index (χ0n) is 16.2. The van der Waals surface area contributed by atoms with Crippen molar-refractivity contribution in [2.45, 2.75) is 72.6 Å². The Morgan fingerprint density at radius 2 is 1.42 bits per heavy atom. The third-order valence-corrected chi connectivity index (χ3v) is 4.23. The van der Waals surface area contributed by atoms with Crippen LogP contribution in [0, 0.1) is 28.6 Å². The summed E-state index contributed by atoms with van der Waals surface area (Å²) in [5.41, 5.74) is 10.2. The normalized spacial score (nSPS) is 16.0. The van der Waals surface area contributed by atoms with Crippen molar-refractivity contribution in [3.8, 4) is 12.1 Å². The molecule has 0 fully saturated rings. The molecule has 2 aliphatic rings. The fourth-order valence-corrected chi connectivity index (χ4v) is 2.78. The van der Waals surface area contributed by atoms with Gasteiger partial charge in [-0.05, 0) is 56.3 Å². The molecule has 0 spiro atoms. The smallest absolute Gasteiger partial charge is 0.238 e. The first-order valence-corrected chi connectivity index (χ1v) is 9.55. The molecule has 0 radical (unpaired) electrons. The van der Waals surface area contributed by atoms with Gasteiger partial charge in [-0.2, -0.15) is 10.5 Å². The highest BCUT2D eigenvalue weighted by atomic mass is 35.5. The summed E-state index contributed by atoms with van der Waals surface area (Å²) in [6, 6.07) is 3.42. The van der Waals surface area contributed by atoms with Crippen LogP contribution in [0.25, 0.3) is 0 Å². The lowest BCUT2D eigenvalue weighted by Gasteiger charge is -2.07. The van der Waals surface area contributed by atoms with E-state index < -0.39 is 17.7 Å². The largest absolute Gasteiger partial charge is 0.369 e. The van der Waals surface area contributed by atoms with Crippen LogP contribution >= 0.6 is 11.6 Å². The van der Waals surface area contributed by atoms with E-state index in [0.717, 1.165) is 37.1 Å². The second-order valence-corrected chi connectivity index (χ2v) is 6.91. The summed E-state index contributed by atoms with van der Waals surface area (Å²) in [7, 11) is 0. The fraction of sp³-hybridized carbons (Fsp3) is 0.545. The molecule has 1 unspecified atom stereocenters. The topological polar surface area (TPSA) is 168 Å². The maximum atomic E-state index is 11.2. The van der Waals surface area contributed by atoms with Crippen molar-refractivity contribution in [1.29, 1.82) is 10.5 Å². The molecule has 2 amide bonds. The van der Waals surface area contributed by atoms with Gasteiger partial charge < -0.3 is 11.5 Å². The zero-order valence-corrected chi connectivity index (χ0v) is 16.9. The highest BCUT2D eigenvalue weighted by Gasteiger charge is 2.21. The van der Waals surface area contributed by atoms with Gasteiger partial charge in [0, 0.05) is 17.9 Å². The lowest BCUT2D eigenvalue weighted by Crippen LogP contribution is -2.23. The number of hydrogen-bond donors (Lipinski definition) is 2. The van der Waals surface area contributed by atoms with Crippen molar-refractivity contribution < 1.29 is 19.2 Å². The van der Waals surface area contributed by atoms with Crippen molar-refractivity contribution in [3.63, 3.8) is 0 Å². The number of amides is 2. The van der Waals surface area contributed by atoms with Crippen LogP contribution in [0.15, 0.2) is 22.8 Å². The van der Waals surface area contributed by atoms with Crippen molar-refractivity contribution in [2.24, 2.45) is 17.4 Å². The lowest BCUT2D eigenvalue weighted by atomic mass is 9.96. The summed E-state index contributed by atoms with van der Waals surface area (Å²) < 4.78 is 0. The molecule has 0 heterocycles. The van der Waals surface area contributed by atoms with Crippen LogP contribution in [-0.4, -0.2) is 23.4 Å². The molecule has 8 nitrogen and oxygen atoms in total. The Labute approximate surface area is 189 Å². The van der Waals surface area contributed by atoms with E-state index in [0.29, 0.717) is 24.8 Å². The van der Waals surface area contributed by atoms with Gasteiger partial charge in [-0.1, -0.05) is 26.5 Å². The molecular weight excluding hydrogens is 420 g/mol. The molecule has 0 bridgehead atoms. The fourth-order valence-electron chi connectivity index (χ4n) is 2.53. The Morgan fingerprint density at radius 1 is 0.935 bits per heavy atom. The second-order valence-electron chi connectivity index (χ2n) is 6.42.